The summed E-state index contributed by atoms with van der Waals surface area (Å²) in [6.45, 7) is 4.74. The topological polar surface area (TPSA) is 15.3 Å². The first-order chi connectivity index (χ1) is 8.72. The third-order valence-corrected chi connectivity index (χ3v) is 5.20. The maximum atomic E-state index is 5.96. The van der Waals surface area contributed by atoms with Crippen LogP contribution in [0.5, 0.6) is 0 Å². The molecule has 2 nitrogen and oxygen atoms in total. The minimum atomic E-state index is 0.662. The molecule has 0 aromatic heterocycles. The Morgan fingerprint density at radius 2 is 2.11 bits per heavy atom. The second-order valence-corrected chi connectivity index (χ2v) is 6.65. The van der Waals surface area contributed by atoms with E-state index in [1.807, 2.05) is 12.1 Å². The van der Waals surface area contributed by atoms with Gasteiger partial charge in [0.25, 0.3) is 0 Å². The summed E-state index contributed by atoms with van der Waals surface area (Å²) in [5.74, 6) is 0.876. The molecular weight excluding hydrogens is 312 g/mol. The molecule has 4 rings (SSSR count). The Bertz CT molecular complexity index is 430. The summed E-state index contributed by atoms with van der Waals surface area (Å²) in [5.41, 5.74) is 1.29. The van der Waals surface area contributed by atoms with Crippen LogP contribution in [-0.4, -0.2) is 30.6 Å². The number of nitrogens with one attached hydrogen (secondary N) is 1. The van der Waals surface area contributed by atoms with Crippen LogP contribution in [0.4, 0.5) is 0 Å². The molecule has 0 amide bonds. The van der Waals surface area contributed by atoms with Gasteiger partial charge in [0.05, 0.1) is 0 Å². The molecule has 3 aliphatic rings. The molecule has 18 heavy (non-hydrogen) atoms. The highest BCUT2D eigenvalue weighted by molar-refractivity contribution is 9.10. The zero-order chi connectivity index (χ0) is 12.5. The molecule has 0 spiro atoms. The number of nitrogens with zero attached hydrogens (tertiary/aromatic N) is 1. The van der Waals surface area contributed by atoms with Crippen molar-refractivity contribution in [3.05, 3.63) is 33.3 Å². The van der Waals surface area contributed by atoms with Crippen molar-refractivity contribution < 1.29 is 0 Å². The van der Waals surface area contributed by atoms with Crippen molar-refractivity contribution in [2.75, 3.05) is 19.6 Å². The Morgan fingerprint density at radius 3 is 2.72 bits per heavy atom. The molecule has 2 bridgehead atoms. The second-order valence-electron chi connectivity index (χ2n) is 5.36. The molecule has 0 aliphatic carbocycles. The third-order valence-electron chi connectivity index (χ3n) is 4.23. The summed E-state index contributed by atoms with van der Waals surface area (Å²) in [5, 5.41) is 4.50. The van der Waals surface area contributed by atoms with Crippen molar-refractivity contribution in [2.24, 2.45) is 5.92 Å². The van der Waals surface area contributed by atoms with Gasteiger partial charge in [-0.15, -0.1) is 0 Å². The van der Waals surface area contributed by atoms with E-state index in [1.165, 1.54) is 38.0 Å². The van der Waals surface area contributed by atoms with Crippen molar-refractivity contribution in [2.45, 2.75) is 25.4 Å². The van der Waals surface area contributed by atoms with Gasteiger partial charge in [-0.2, -0.15) is 0 Å². The molecule has 1 aromatic carbocycles. The van der Waals surface area contributed by atoms with Gasteiger partial charge < -0.3 is 10.2 Å². The van der Waals surface area contributed by atoms with E-state index in [4.69, 9.17) is 11.6 Å². The van der Waals surface area contributed by atoms with Gasteiger partial charge >= 0.3 is 0 Å². The highest BCUT2D eigenvalue weighted by Gasteiger charge is 2.33. The van der Waals surface area contributed by atoms with Crippen LogP contribution in [0.25, 0.3) is 0 Å². The van der Waals surface area contributed by atoms with Crippen molar-refractivity contribution >= 4 is 27.5 Å². The lowest BCUT2D eigenvalue weighted by molar-refractivity contribution is 0.0720. The molecule has 4 heteroatoms. The Balaban J connectivity index is 1.61. The molecule has 3 aliphatic heterocycles. The fourth-order valence-corrected chi connectivity index (χ4v) is 3.93. The lowest BCUT2D eigenvalue weighted by atomic mass is 9.84. The smallest absolute Gasteiger partial charge is 0.0417 e. The largest absolute Gasteiger partial charge is 0.308 e. The number of hydrogen-bond acceptors (Lipinski definition) is 2. The van der Waals surface area contributed by atoms with E-state index >= 15 is 0 Å². The molecule has 1 N–H and O–H groups in total. The van der Waals surface area contributed by atoms with Crippen molar-refractivity contribution in [1.29, 1.82) is 0 Å². The predicted octanol–water partition coefficient (Wildman–Crippen LogP) is 3.29. The normalized spacial score (nSPS) is 30.7. The highest BCUT2D eigenvalue weighted by Crippen LogP contribution is 2.28. The molecular formula is C14H18BrClN2. The molecule has 3 fully saturated rings. The van der Waals surface area contributed by atoms with Crippen LogP contribution in [0.2, 0.25) is 5.02 Å². The summed E-state index contributed by atoms with van der Waals surface area (Å²) >= 11 is 9.54. The second kappa shape index (κ2) is 5.49. The fourth-order valence-electron chi connectivity index (χ4n) is 3.10. The molecule has 3 saturated heterocycles. The average Bonchev–Trinajstić information content (AvgIpc) is 2.39. The molecule has 0 saturated carbocycles. The van der Waals surface area contributed by atoms with E-state index in [0.29, 0.717) is 6.04 Å². The zero-order valence-corrected chi connectivity index (χ0v) is 12.7. The third kappa shape index (κ3) is 2.74. The Labute approximate surface area is 122 Å². The van der Waals surface area contributed by atoms with E-state index in [2.05, 4.69) is 32.2 Å². The lowest BCUT2D eigenvalue weighted by Crippen LogP contribution is -2.55. The average molecular weight is 330 g/mol. The first kappa shape index (κ1) is 12.9. The number of halogens is 2. The molecule has 1 aromatic rings. The van der Waals surface area contributed by atoms with Gasteiger partial charge in [0.1, 0.15) is 0 Å². The van der Waals surface area contributed by atoms with Crippen LogP contribution in [0.15, 0.2) is 22.7 Å². The number of hydrogen-bond donors (Lipinski definition) is 1. The lowest BCUT2D eigenvalue weighted by Gasteiger charge is -2.45. The summed E-state index contributed by atoms with van der Waals surface area (Å²) in [7, 11) is 0. The quantitative estimate of drug-likeness (QED) is 0.915. The van der Waals surface area contributed by atoms with Crippen LogP contribution >= 0.6 is 27.5 Å². The Kier molecular flexibility index (Phi) is 3.94. The molecule has 1 atom stereocenters. The molecule has 0 radical (unpaired) electrons. The molecule has 98 valence electrons. The van der Waals surface area contributed by atoms with E-state index in [9.17, 15) is 0 Å². The minimum absolute atomic E-state index is 0.662. The van der Waals surface area contributed by atoms with Crippen molar-refractivity contribution in [3.63, 3.8) is 0 Å². The van der Waals surface area contributed by atoms with Gasteiger partial charge in [-0.3, -0.25) is 0 Å². The van der Waals surface area contributed by atoms with Gasteiger partial charge in [0.15, 0.2) is 0 Å². The maximum absolute atomic E-state index is 5.96. The van der Waals surface area contributed by atoms with Crippen LogP contribution in [0, 0.1) is 5.92 Å². The Hall–Kier alpha value is -0.0900. The van der Waals surface area contributed by atoms with E-state index in [0.717, 1.165) is 22.0 Å². The van der Waals surface area contributed by atoms with E-state index in [1.54, 1.807) is 0 Å². The molecule has 3 heterocycles. The molecule has 1 unspecified atom stereocenters. The SMILES string of the molecule is Clc1ccc(CNC2CN3CCC2CC3)c(Br)c1. The zero-order valence-electron chi connectivity index (χ0n) is 10.3. The van der Waals surface area contributed by atoms with Gasteiger partial charge in [0, 0.05) is 28.6 Å². The summed E-state index contributed by atoms with van der Waals surface area (Å²) in [6.07, 6.45) is 2.72. The van der Waals surface area contributed by atoms with E-state index < -0.39 is 0 Å². The number of piperidine rings is 3. The van der Waals surface area contributed by atoms with Gasteiger partial charge in [-0.05, 0) is 49.5 Å². The summed E-state index contributed by atoms with van der Waals surface area (Å²) in [6, 6.07) is 6.69. The number of rotatable bonds is 3. The van der Waals surface area contributed by atoms with Crippen LogP contribution in [0.1, 0.15) is 18.4 Å². The first-order valence-corrected chi connectivity index (χ1v) is 7.79. The standard InChI is InChI=1S/C14H18BrClN2/c15-13-7-12(16)2-1-11(13)8-17-14-9-18-5-3-10(14)4-6-18/h1-2,7,10,14,17H,3-6,8-9H2. The van der Waals surface area contributed by atoms with Crippen LogP contribution in [-0.2, 0) is 6.54 Å². The fraction of sp³-hybridized carbons (Fsp3) is 0.571. The van der Waals surface area contributed by atoms with Gasteiger partial charge in [-0.25, -0.2) is 0 Å². The first-order valence-electron chi connectivity index (χ1n) is 6.62. The van der Waals surface area contributed by atoms with E-state index in [-0.39, 0.29) is 0 Å². The van der Waals surface area contributed by atoms with Gasteiger partial charge in [0.2, 0.25) is 0 Å². The van der Waals surface area contributed by atoms with Crippen LogP contribution in [0.3, 0.4) is 0 Å². The highest BCUT2D eigenvalue weighted by atomic mass is 79.9. The minimum Gasteiger partial charge on any atom is -0.308 e. The van der Waals surface area contributed by atoms with Crippen molar-refractivity contribution in [1.82, 2.24) is 10.2 Å². The number of benzene rings is 1. The van der Waals surface area contributed by atoms with Gasteiger partial charge in [-0.1, -0.05) is 33.6 Å². The van der Waals surface area contributed by atoms with Crippen molar-refractivity contribution in [3.8, 4) is 0 Å². The number of fused-ring (bicyclic) bond motifs is 3. The summed E-state index contributed by atoms with van der Waals surface area (Å²) < 4.78 is 1.10. The monoisotopic (exact) mass is 328 g/mol. The summed E-state index contributed by atoms with van der Waals surface area (Å²) in [4.78, 5) is 2.58. The predicted molar refractivity (Wildman–Crippen MR) is 78.9 cm³/mol. The maximum Gasteiger partial charge on any atom is 0.0417 e. The van der Waals surface area contributed by atoms with Crippen LogP contribution < -0.4 is 5.32 Å². The Morgan fingerprint density at radius 1 is 1.33 bits per heavy atom.